The summed E-state index contributed by atoms with van der Waals surface area (Å²) in [6.45, 7) is 6.67. The maximum Gasteiger partial charge on any atom is 0.496 e. The van der Waals surface area contributed by atoms with Crippen LogP contribution in [0.1, 0.15) is 27.7 Å². The average Bonchev–Trinajstić information content (AvgIpc) is 2.46. The highest BCUT2D eigenvalue weighted by Gasteiger charge is 2.57. The zero-order valence-electron chi connectivity index (χ0n) is 11.7. The van der Waals surface area contributed by atoms with Crippen LogP contribution in [0.25, 0.3) is 0 Å². The molecule has 0 N–H and O–H groups in total. The van der Waals surface area contributed by atoms with Crippen LogP contribution in [-0.4, -0.2) is 31.0 Å². The Hall–Kier alpha value is -0.860. The van der Waals surface area contributed by atoms with Crippen molar-refractivity contribution in [3.05, 3.63) is 11.5 Å². The molecule has 0 aromatic carbocycles. The normalized spacial score (nSPS) is 27.9. The van der Waals surface area contributed by atoms with E-state index in [1.165, 1.54) is 6.08 Å². The SMILES string of the molecule is CC1(C)OB(C2=CCB(C#N)CC2(F)F)OC1(C)C. The summed E-state index contributed by atoms with van der Waals surface area (Å²) in [5.74, 6) is -1.14. The highest BCUT2D eigenvalue weighted by Crippen LogP contribution is 2.44. The number of allylic oxidation sites excluding steroid dienone is 2. The number of halogens is 2. The Morgan fingerprint density at radius 2 is 1.74 bits per heavy atom. The Labute approximate surface area is 113 Å². The van der Waals surface area contributed by atoms with Gasteiger partial charge in [-0.05, 0) is 34.0 Å². The second-order valence-electron chi connectivity index (χ2n) is 6.22. The molecule has 0 radical (unpaired) electrons. The Morgan fingerprint density at radius 3 is 2.16 bits per heavy atom. The predicted molar refractivity (Wildman–Crippen MR) is 70.1 cm³/mol. The number of alkyl halides is 2. The quantitative estimate of drug-likeness (QED) is 0.686. The van der Waals surface area contributed by atoms with E-state index in [1.54, 1.807) is 0 Å². The van der Waals surface area contributed by atoms with Gasteiger partial charge in [0.2, 0.25) is 0 Å². The van der Waals surface area contributed by atoms with E-state index in [9.17, 15) is 8.78 Å². The van der Waals surface area contributed by atoms with Crippen molar-refractivity contribution in [2.45, 2.75) is 57.5 Å². The van der Waals surface area contributed by atoms with Gasteiger partial charge in [-0.15, -0.1) is 0 Å². The molecule has 3 nitrogen and oxygen atoms in total. The van der Waals surface area contributed by atoms with Crippen molar-refractivity contribution >= 4 is 13.8 Å². The fourth-order valence-corrected chi connectivity index (χ4v) is 2.27. The lowest BCUT2D eigenvalue weighted by molar-refractivity contribution is 0.00578. The lowest BCUT2D eigenvalue weighted by Gasteiger charge is -2.32. The molecule has 1 fully saturated rings. The third kappa shape index (κ3) is 2.44. The van der Waals surface area contributed by atoms with Gasteiger partial charge in [-0.3, -0.25) is 0 Å². The summed E-state index contributed by atoms with van der Waals surface area (Å²) in [7, 11) is -1.03. The molecule has 7 heteroatoms. The molecule has 0 spiro atoms. The predicted octanol–water partition coefficient (Wildman–Crippen LogP) is 2.75. The zero-order chi connectivity index (χ0) is 14.5. The van der Waals surface area contributed by atoms with E-state index < -0.39 is 37.3 Å². The van der Waals surface area contributed by atoms with Gasteiger partial charge in [-0.1, -0.05) is 6.08 Å². The first-order valence-corrected chi connectivity index (χ1v) is 6.43. The highest BCUT2D eigenvalue weighted by atomic mass is 19.3. The van der Waals surface area contributed by atoms with E-state index >= 15 is 0 Å². The van der Waals surface area contributed by atoms with Crippen molar-refractivity contribution < 1.29 is 18.1 Å². The molecule has 0 saturated carbocycles. The molecule has 19 heavy (non-hydrogen) atoms. The van der Waals surface area contributed by atoms with Crippen LogP contribution in [0, 0.1) is 11.2 Å². The Morgan fingerprint density at radius 1 is 1.21 bits per heavy atom. The van der Waals surface area contributed by atoms with Crippen molar-refractivity contribution in [3.8, 4) is 5.97 Å². The smallest absolute Gasteiger partial charge is 0.399 e. The van der Waals surface area contributed by atoms with Crippen LogP contribution in [0.5, 0.6) is 0 Å². The molecule has 0 amide bonds. The van der Waals surface area contributed by atoms with Crippen molar-refractivity contribution in [2.75, 3.05) is 0 Å². The van der Waals surface area contributed by atoms with Crippen molar-refractivity contribution in [2.24, 2.45) is 0 Å². The molecule has 2 aliphatic rings. The zero-order valence-corrected chi connectivity index (χ0v) is 11.7. The number of hydrogen-bond acceptors (Lipinski definition) is 3. The summed E-state index contributed by atoms with van der Waals surface area (Å²) >= 11 is 0. The number of nitriles is 1. The molecule has 0 bridgehead atoms. The Kier molecular flexibility index (Phi) is 3.31. The van der Waals surface area contributed by atoms with Gasteiger partial charge in [0.15, 0.2) is 0 Å². The minimum absolute atomic E-state index is 0.141. The van der Waals surface area contributed by atoms with Crippen LogP contribution in [0.15, 0.2) is 11.5 Å². The van der Waals surface area contributed by atoms with Crippen LogP contribution in [0.3, 0.4) is 0 Å². The highest BCUT2D eigenvalue weighted by molar-refractivity contribution is 6.69. The summed E-state index contributed by atoms with van der Waals surface area (Å²) in [6.07, 6.45) is 1.27. The Bertz CT molecular complexity index is 441. The van der Waals surface area contributed by atoms with E-state index in [-0.39, 0.29) is 5.47 Å². The van der Waals surface area contributed by atoms with Gasteiger partial charge < -0.3 is 9.31 Å². The van der Waals surface area contributed by atoms with Crippen LogP contribution in [0.4, 0.5) is 8.78 Å². The lowest BCUT2D eigenvalue weighted by Crippen LogP contribution is -2.41. The number of nitrogens with zero attached hydrogens (tertiary/aromatic N) is 1. The fraction of sp³-hybridized carbons (Fsp3) is 0.750. The van der Waals surface area contributed by atoms with Crippen LogP contribution in [-0.2, 0) is 9.31 Å². The van der Waals surface area contributed by atoms with Gasteiger partial charge in [0.25, 0.3) is 12.6 Å². The third-order valence-electron chi connectivity index (χ3n) is 4.24. The first-order valence-electron chi connectivity index (χ1n) is 6.43. The molecule has 0 unspecified atom stereocenters. The summed E-state index contributed by atoms with van der Waals surface area (Å²) < 4.78 is 39.5. The van der Waals surface area contributed by atoms with E-state index in [2.05, 4.69) is 0 Å². The molecule has 2 rings (SSSR count). The maximum absolute atomic E-state index is 14.1. The topological polar surface area (TPSA) is 42.2 Å². The van der Waals surface area contributed by atoms with E-state index in [1.807, 2.05) is 33.7 Å². The average molecular weight is 267 g/mol. The van der Waals surface area contributed by atoms with Gasteiger partial charge in [0.05, 0.1) is 11.2 Å². The molecule has 0 aliphatic carbocycles. The molecular weight excluding hydrogens is 250 g/mol. The first kappa shape index (κ1) is 14.5. The van der Waals surface area contributed by atoms with Gasteiger partial charge in [0.1, 0.15) is 0 Å². The third-order valence-corrected chi connectivity index (χ3v) is 4.24. The minimum Gasteiger partial charge on any atom is -0.399 e. The largest absolute Gasteiger partial charge is 0.496 e. The molecule has 102 valence electrons. The van der Waals surface area contributed by atoms with E-state index in [4.69, 9.17) is 14.6 Å². The van der Waals surface area contributed by atoms with E-state index in [0.29, 0.717) is 6.32 Å². The fourth-order valence-electron chi connectivity index (χ4n) is 2.27. The van der Waals surface area contributed by atoms with Crippen LogP contribution in [0.2, 0.25) is 12.6 Å². The summed E-state index contributed by atoms with van der Waals surface area (Å²) in [4.78, 5) is 0. The molecule has 1 saturated heterocycles. The van der Waals surface area contributed by atoms with Gasteiger partial charge in [-0.2, -0.15) is 0 Å². The molecule has 0 atom stereocenters. The summed E-state index contributed by atoms with van der Waals surface area (Å²) in [6, 6.07) is 0. The minimum atomic E-state index is -3.04. The van der Waals surface area contributed by atoms with Gasteiger partial charge in [-0.25, -0.2) is 14.0 Å². The van der Waals surface area contributed by atoms with Crippen molar-refractivity contribution in [1.29, 1.82) is 5.26 Å². The second kappa shape index (κ2) is 4.32. The first-order chi connectivity index (χ1) is 8.59. The van der Waals surface area contributed by atoms with Crippen LogP contribution < -0.4 is 0 Å². The molecule has 0 aromatic heterocycles. The lowest BCUT2D eigenvalue weighted by atomic mass is 9.41. The summed E-state index contributed by atoms with van der Waals surface area (Å²) in [5, 5.41) is 8.77. The van der Waals surface area contributed by atoms with Gasteiger partial charge in [0, 0.05) is 17.8 Å². The maximum atomic E-state index is 14.1. The molecule has 2 heterocycles. The summed E-state index contributed by atoms with van der Waals surface area (Å²) in [5.41, 5.74) is -1.42. The molecule has 2 aliphatic heterocycles. The van der Waals surface area contributed by atoms with Gasteiger partial charge >= 0.3 is 7.12 Å². The monoisotopic (exact) mass is 267 g/mol. The molecule has 0 aromatic rings. The van der Waals surface area contributed by atoms with Crippen molar-refractivity contribution in [1.82, 2.24) is 0 Å². The van der Waals surface area contributed by atoms with E-state index in [0.717, 1.165) is 0 Å². The Balaban J connectivity index is 2.25. The molecular formula is C12H17B2F2NO2. The standard InChI is InChI=1S/C12H17B2F2NO2/c1-10(2)11(3,4)19-14(18-10)9-5-6-13(8-17)7-12(9,15)16/h5H,6-7H2,1-4H3. The van der Waals surface area contributed by atoms with Crippen molar-refractivity contribution in [3.63, 3.8) is 0 Å². The number of rotatable bonds is 1. The second-order valence-corrected chi connectivity index (χ2v) is 6.22. The van der Waals surface area contributed by atoms with Crippen LogP contribution >= 0.6 is 0 Å². The number of hydrogen-bond donors (Lipinski definition) is 0.